The van der Waals surface area contributed by atoms with Crippen LogP contribution >= 0.6 is 0 Å². The van der Waals surface area contributed by atoms with E-state index in [1.54, 1.807) is 12.0 Å². The molecule has 2 aromatic rings. The highest BCUT2D eigenvalue weighted by Crippen LogP contribution is 2.35. The van der Waals surface area contributed by atoms with Gasteiger partial charge in [-0.1, -0.05) is 54.6 Å². The zero-order valence-corrected chi connectivity index (χ0v) is 22.8. The molecule has 4 amide bonds. The van der Waals surface area contributed by atoms with Gasteiger partial charge in [-0.3, -0.25) is 24.1 Å². The van der Waals surface area contributed by atoms with Crippen LogP contribution in [0.15, 0.2) is 66.7 Å². The largest absolute Gasteiger partial charge is 0.497 e. The van der Waals surface area contributed by atoms with E-state index in [0.717, 1.165) is 11.1 Å². The first-order valence-electron chi connectivity index (χ1n) is 13.6. The number of likely N-dealkylation sites (tertiary alicyclic amines) is 1. The van der Waals surface area contributed by atoms with Gasteiger partial charge >= 0.3 is 0 Å². The predicted molar refractivity (Wildman–Crippen MR) is 147 cm³/mol. The highest BCUT2D eigenvalue weighted by Gasteiger charge is 2.47. The molecule has 1 heterocycles. The molecule has 0 saturated carbocycles. The quantitative estimate of drug-likeness (QED) is 0.354. The number of nitrogens with one attached hydrogen (secondary N) is 1. The fourth-order valence-corrected chi connectivity index (χ4v) is 5.34. The third kappa shape index (κ3) is 6.74. The van der Waals surface area contributed by atoms with Gasteiger partial charge in [0, 0.05) is 32.0 Å². The number of rotatable bonds is 11. The number of methoxy groups -OCH3 is 1. The molecular formula is C31H37N3O5. The van der Waals surface area contributed by atoms with Crippen LogP contribution in [0.3, 0.4) is 0 Å². The van der Waals surface area contributed by atoms with Crippen LogP contribution in [0, 0.1) is 11.8 Å². The van der Waals surface area contributed by atoms with Crippen LogP contribution in [0.5, 0.6) is 5.75 Å². The van der Waals surface area contributed by atoms with E-state index in [1.807, 2.05) is 80.6 Å². The summed E-state index contributed by atoms with van der Waals surface area (Å²) < 4.78 is 5.37. The first-order valence-corrected chi connectivity index (χ1v) is 13.6. The number of nitrogens with zero attached hydrogens (tertiary/aromatic N) is 2. The summed E-state index contributed by atoms with van der Waals surface area (Å²) >= 11 is 0. The molecular weight excluding hydrogens is 494 g/mol. The topological polar surface area (TPSA) is 96.0 Å². The van der Waals surface area contributed by atoms with Crippen LogP contribution in [-0.4, -0.2) is 59.2 Å². The number of carbonyl (C=O) groups excluding carboxylic acids is 4. The second-order valence-electron chi connectivity index (χ2n) is 10.5. The van der Waals surface area contributed by atoms with Gasteiger partial charge in [0.25, 0.3) is 0 Å². The molecule has 1 fully saturated rings. The van der Waals surface area contributed by atoms with E-state index in [-0.39, 0.29) is 61.0 Å². The molecule has 8 nitrogen and oxygen atoms in total. The molecule has 8 heteroatoms. The minimum Gasteiger partial charge on any atom is -0.497 e. The SMILES string of the molecule is COc1cccc(CN(C(=O)CCN2C(=O)[C@H]3CC=CC[C@H]3C2=O)[C@@H](Cc2ccccc2)C(=O)NC(C)C)c1. The maximum absolute atomic E-state index is 13.9. The maximum atomic E-state index is 13.9. The van der Waals surface area contributed by atoms with Crippen LogP contribution in [0.2, 0.25) is 0 Å². The van der Waals surface area contributed by atoms with Gasteiger partial charge in [-0.25, -0.2) is 0 Å². The van der Waals surface area contributed by atoms with E-state index in [0.29, 0.717) is 25.0 Å². The minimum absolute atomic E-state index is 0.00195. The number of ether oxygens (including phenoxy) is 1. The van der Waals surface area contributed by atoms with Crippen molar-refractivity contribution >= 4 is 23.6 Å². The molecule has 1 aliphatic heterocycles. The Kier molecular flexibility index (Phi) is 9.17. The summed E-state index contributed by atoms with van der Waals surface area (Å²) in [6, 6.07) is 16.1. The molecule has 1 aliphatic carbocycles. The normalized spacial score (nSPS) is 19.1. The average Bonchev–Trinajstić information content (AvgIpc) is 3.18. The van der Waals surface area contributed by atoms with Crippen molar-refractivity contribution in [1.82, 2.24) is 15.1 Å². The van der Waals surface area contributed by atoms with Gasteiger partial charge in [-0.15, -0.1) is 0 Å². The third-order valence-corrected chi connectivity index (χ3v) is 7.34. The summed E-state index contributed by atoms with van der Waals surface area (Å²) in [4.78, 5) is 56.1. The zero-order valence-electron chi connectivity index (χ0n) is 22.8. The fraction of sp³-hybridized carbons (Fsp3) is 0.419. The highest BCUT2D eigenvalue weighted by atomic mass is 16.5. The maximum Gasteiger partial charge on any atom is 0.243 e. The Balaban J connectivity index is 1.60. The fourth-order valence-electron chi connectivity index (χ4n) is 5.34. The van der Waals surface area contributed by atoms with Gasteiger partial charge in [0.05, 0.1) is 18.9 Å². The van der Waals surface area contributed by atoms with Crippen molar-refractivity contribution in [2.45, 2.75) is 58.2 Å². The number of carbonyl (C=O) groups is 4. The summed E-state index contributed by atoms with van der Waals surface area (Å²) in [5.74, 6) is -1.00. The van der Waals surface area contributed by atoms with Crippen molar-refractivity contribution in [2.75, 3.05) is 13.7 Å². The summed E-state index contributed by atoms with van der Waals surface area (Å²) in [5.41, 5.74) is 1.73. The number of hydrogen-bond donors (Lipinski definition) is 1. The Bertz CT molecular complexity index is 1200. The number of allylic oxidation sites excluding steroid dienone is 2. The summed E-state index contributed by atoms with van der Waals surface area (Å²) in [6.07, 6.45) is 5.25. The summed E-state index contributed by atoms with van der Waals surface area (Å²) in [7, 11) is 1.58. The first kappa shape index (κ1) is 28.1. The molecule has 206 valence electrons. The Morgan fingerprint density at radius 1 is 0.974 bits per heavy atom. The number of hydrogen-bond acceptors (Lipinski definition) is 5. The molecule has 0 spiro atoms. The monoisotopic (exact) mass is 531 g/mol. The first-order chi connectivity index (χ1) is 18.8. The molecule has 39 heavy (non-hydrogen) atoms. The molecule has 3 atom stereocenters. The lowest BCUT2D eigenvalue weighted by atomic mass is 9.85. The Hall–Kier alpha value is -3.94. The molecule has 4 rings (SSSR count). The van der Waals surface area contributed by atoms with E-state index in [9.17, 15) is 19.2 Å². The lowest BCUT2D eigenvalue weighted by Crippen LogP contribution is -2.52. The van der Waals surface area contributed by atoms with Crippen LogP contribution in [-0.2, 0) is 32.1 Å². The Morgan fingerprint density at radius 3 is 2.23 bits per heavy atom. The van der Waals surface area contributed by atoms with E-state index in [2.05, 4.69) is 5.32 Å². The van der Waals surface area contributed by atoms with Crippen LogP contribution < -0.4 is 10.1 Å². The number of fused-ring (bicyclic) bond motifs is 1. The molecule has 1 N–H and O–H groups in total. The lowest BCUT2D eigenvalue weighted by molar-refractivity contribution is -0.144. The zero-order chi connectivity index (χ0) is 27.9. The van der Waals surface area contributed by atoms with Crippen molar-refractivity contribution < 1.29 is 23.9 Å². The molecule has 0 unspecified atom stereocenters. The van der Waals surface area contributed by atoms with Gasteiger partial charge in [-0.2, -0.15) is 0 Å². The van der Waals surface area contributed by atoms with Gasteiger partial charge in [0.15, 0.2) is 0 Å². The standard InChI is InChI=1S/C31H37N3O5/c1-21(2)32-29(36)27(19-22-10-5-4-6-11-22)34(20-23-12-9-13-24(18-23)39-3)28(35)16-17-33-30(37)25-14-7-8-15-26(25)31(33)38/h4-13,18,21,25-27H,14-17,19-20H2,1-3H3,(H,32,36)/t25-,26+,27-/m0/s1. The molecule has 0 bridgehead atoms. The van der Waals surface area contributed by atoms with Gasteiger partial charge in [-0.05, 0) is 49.9 Å². The van der Waals surface area contributed by atoms with Crippen molar-refractivity contribution in [1.29, 1.82) is 0 Å². The highest BCUT2D eigenvalue weighted by molar-refractivity contribution is 6.05. The van der Waals surface area contributed by atoms with E-state index in [1.165, 1.54) is 4.90 Å². The van der Waals surface area contributed by atoms with Gasteiger partial charge in [0.2, 0.25) is 23.6 Å². The molecule has 2 aromatic carbocycles. The Morgan fingerprint density at radius 2 is 1.62 bits per heavy atom. The second-order valence-corrected chi connectivity index (χ2v) is 10.5. The minimum atomic E-state index is -0.787. The van der Waals surface area contributed by atoms with Crippen molar-refractivity contribution in [2.24, 2.45) is 11.8 Å². The second kappa shape index (κ2) is 12.7. The van der Waals surface area contributed by atoms with E-state index in [4.69, 9.17) is 4.74 Å². The van der Waals surface area contributed by atoms with Crippen LogP contribution in [0.4, 0.5) is 0 Å². The molecule has 2 aliphatic rings. The number of imide groups is 1. The summed E-state index contributed by atoms with van der Waals surface area (Å²) in [5, 5.41) is 2.97. The Labute approximate surface area is 230 Å². The van der Waals surface area contributed by atoms with Crippen molar-refractivity contribution in [3.8, 4) is 5.75 Å². The van der Waals surface area contributed by atoms with Crippen LogP contribution in [0.25, 0.3) is 0 Å². The van der Waals surface area contributed by atoms with E-state index < -0.39 is 6.04 Å². The van der Waals surface area contributed by atoms with E-state index >= 15 is 0 Å². The summed E-state index contributed by atoms with van der Waals surface area (Å²) in [6.45, 7) is 3.94. The average molecular weight is 532 g/mol. The molecule has 0 aromatic heterocycles. The van der Waals surface area contributed by atoms with Gasteiger partial charge in [0.1, 0.15) is 11.8 Å². The smallest absolute Gasteiger partial charge is 0.243 e. The predicted octanol–water partition coefficient (Wildman–Crippen LogP) is 3.50. The molecule has 0 radical (unpaired) electrons. The van der Waals surface area contributed by atoms with Gasteiger partial charge < -0.3 is 15.0 Å². The van der Waals surface area contributed by atoms with Crippen molar-refractivity contribution in [3.63, 3.8) is 0 Å². The van der Waals surface area contributed by atoms with Crippen LogP contribution in [0.1, 0.15) is 44.2 Å². The third-order valence-electron chi connectivity index (χ3n) is 7.34. The number of benzene rings is 2. The van der Waals surface area contributed by atoms with Crippen molar-refractivity contribution in [3.05, 3.63) is 77.9 Å². The molecule has 1 saturated heterocycles. The number of amides is 4. The lowest BCUT2D eigenvalue weighted by Gasteiger charge is -2.32.